The predicted octanol–water partition coefficient (Wildman–Crippen LogP) is 3.15. The second-order valence-corrected chi connectivity index (χ2v) is 4.20. The molecule has 0 heterocycles. The lowest BCUT2D eigenvalue weighted by atomic mass is 9.93. The minimum absolute atomic E-state index is 0.212. The molecule has 4 nitrogen and oxygen atoms in total. The lowest BCUT2D eigenvalue weighted by Crippen LogP contribution is -2.17. The number of carbonyl (C=O) groups excluding carboxylic acids is 1. The fraction of sp³-hybridized carbons (Fsp3) is 0.533. The molecule has 0 aliphatic rings. The zero-order valence-corrected chi connectivity index (χ0v) is 12.1. The highest BCUT2D eigenvalue weighted by Gasteiger charge is 2.25. The average molecular weight is 266 g/mol. The fourth-order valence-corrected chi connectivity index (χ4v) is 2.04. The number of esters is 1. The number of ether oxygens (including phenoxy) is 3. The van der Waals surface area contributed by atoms with Crippen LogP contribution < -0.4 is 9.47 Å². The van der Waals surface area contributed by atoms with Crippen molar-refractivity contribution in [2.75, 3.05) is 20.8 Å². The third kappa shape index (κ3) is 3.88. The van der Waals surface area contributed by atoms with E-state index in [9.17, 15) is 4.79 Å². The van der Waals surface area contributed by atoms with E-state index in [-0.39, 0.29) is 11.9 Å². The molecular weight excluding hydrogens is 244 g/mol. The molecule has 0 amide bonds. The van der Waals surface area contributed by atoms with Gasteiger partial charge in [0.15, 0.2) is 0 Å². The third-order valence-electron chi connectivity index (χ3n) is 2.96. The van der Waals surface area contributed by atoms with Crippen molar-refractivity contribution in [2.24, 2.45) is 0 Å². The Labute approximate surface area is 114 Å². The second kappa shape index (κ2) is 7.67. The molecule has 0 spiro atoms. The number of hydrogen-bond acceptors (Lipinski definition) is 4. The van der Waals surface area contributed by atoms with Crippen molar-refractivity contribution >= 4 is 5.97 Å². The molecule has 0 saturated heterocycles. The highest BCUT2D eigenvalue weighted by atomic mass is 16.5. The monoisotopic (exact) mass is 266 g/mol. The van der Waals surface area contributed by atoms with E-state index >= 15 is 0 Å². The molecule has 1 aromatic carbocycles. The van der Waals surface area contributed by atoms with Gasteiger partial charge in [0.25, 0.3) is 0 Å². The van der Waals surface area contributed by atoms with Crippen LogP contribution in [-0.2, 0) is 9.53 Å². The summed E-state index contributed by atoms with van der Waals surface area (Å²) in [6.45, 7) is 4.23. The van der Waals surface area contributed by atoms with Crippen molar-refractivity contribution in [1.29, 1.82) is 0 Å². The molecule has 1 rings (SSSR count). The highest BCUT2D eigenvalue weighted by Crippen LogP contribution is 2.34. The topological polar surface area (TPSA) is 44.8 Å². The van der Waals surface area contributed by atoms with Gasteiger partial charge in [0.05, 0.1) is 26.7 Å². The minimum atomic E-state index is -0.310. The molecule has 0 saturated carbocycles. The van der Waals surface area contributed by atoms with Crippen molar-refractivity contribution in [2.45, 2.75) is 32.6 Å². The van der Waals surface area contributed by atoms with Crippen LogP contribution in [0, 0.1) is 0 Å². The van der Waals surface area contributed by atoms with Gasteiger partial charge in [-0.05, 0) is 31.5 Å². The maximum atomic E-state index is 12.1. The molecule has 19 heavy (non-hydrogen) atoms. The summed E-state index contributed by atoms with van der Waals surface area (Å²) in [6.07, 6.45) is 1.62. The summed E-state index contributed by atoms with van der Waals surface area (Å²) in [5, 5.41) is 0. The maximum Gasteiger partial charge on any atom is 0.313 e. The van der Waals surface area contributed by atoms with Gasteiger partial charge in [0.2, 0.25) is 0 Å². The van der Waals surface area contributed by atoms with Crippen LogP contribution in [0.1, 0.15) is 38.2 Å². The van der Waals surface area contributed by atoms with Gasteiger partial charge in [-0.1, -0.05) is 13.3 Å². The third-order valence-corrected chi connectivity index (χ3v) is 2.96. The molecule has 4 heteroatoms. The molecule has 0 N–H and O–H groups in total. The Kier molecular flexibility index (Phi) is 6.19. The van der Waals surface area contributed by atoms with E-state index in [4.69, 9.17) is 14.2 Å². The standard InChI is InChI=1S/C15H22O4/c1-5-7-12(15(16)19-6-2)13-10-11(17-3)8-9-14(13)18-4/h8-10,12H,5-7H2,1-4H3. The summed E-state index contributed by atoms with van der Waals surface area (Å²) in [6, 6.07) is 5.47. The normalized spacial score (nSPS) is 11.8. The van der Waals surface area contributed by atoms with E-state index in [1.54, 1.807) is 14.2 Å². The molecular formula is C15H22O4. The van der Waals surface area contributed by atoms with Gasteiger partial charge in [0, 0.05) is 5.56 Å². The van der Waals surface area contributed by atoms with Gasteiger partial charge >= 0.3 is 5.97 Å². The Hall–Kier alpha value is -1.71. The van der Waals surface area contributed by atoms with Crippen molar-refractivity contribution in [3.05, 3.63) is 23.8 Å². The molecule has 1 unspecified atom stereocenters. The summed E-state index contributed by atoms with van der Waals surface area (Å²) >= 11 is 0. The average Bonchev–Trinajstić information content (AvgIpc) is 2.44. The maximum absolute atomic E-state index is 12.1. The molecule has 0 fully saturated rings. The number of methoxy groups -OCH3 is 2. The van der Waals surface area contributed by atoms with Crippen LogP contribution in [0.25, 0.3) is 0 Å². The molecule has 0 aliphatic heterocycles. The first-order valence-electron chi connectivity index (χ1n) is 6.56. The van der Waals surface area contributed by atoms with E-state index in [2.05, 4.69) is 0 Å². The van der Waals surface area contributed by atoms with Crippen molar-refractivity contribution < 1.29 is 19.0 Å². The van der Waals surface area contributed by atoms with E-state index < -0.39 is 0 Å². The Morgan fingerprint density at radius 3 is 2.47 bits per heavy atom. The second-order valence-electron chi connectivity index (χ2n) is 4.20. The number of hydrogen-bond donors (Lipinski definition) is 0. The largest absolute Gasteiger partial charge is 0.497 e. The van der Waals surface area contributed by atoms with Gasteiger partial charge in [-0.15, -0.1) is 0 Å². The lowest BCUT2D eigenvalue weighted by Gasteiger charge is -2.18. The number of benzene rings is 1. The first-order valence-corrected chi connectivity index (χ1v) is 6.56. The molecule has 1 aromatic rings. The minimum Gasteiger partial charge on any atom is -0.497 e. The summed E-state index contributed by atoms with van der Waals surface area (Å²) in [7, 11) is 3.20. The smallest absolute Gasteiger partial charge is 0.313 e. The van der Waals surface area contributed by atoms with Crippen LogP contribution in [-0.4, -0.2) is 26.8 Å². The molecule has 0 aromatic heterocycles. The van der Waals surface area contributed by atoms with E-state index in [0.717, 1.165) is 18.4 Å². The quantitative estimate of drug-likeness (QED) is 0.711. The van der Waals surface area contributed by atoms with Crippen LogP contribution >= 0.6 is 0 Å². The van der Waals surface area contributed by atoms with Crippen LogP contribution in [0.3, 0.4) is 0 Å². The van der Waals surface area contributed by atoms with Gasteiger partial charge in [-0.2, -0.15) is 0 Å². The SMILES string of the molecule is CCCC(C(=O)OCC)c1cc(OC)ccc1OC. The van der Waals surface area contributed by atoms with Crippen molar-refractivity contribution in [1.82, 2.24) is 0 Å². The van der Waals surface area contributed by atoms with Crippen molar-refractivity contribution in [3.63, 3.8) is 0 Å². The summed E-state index contributed by atoms with van der Waals surface area (Å²) < 4.78 is 15.7. The van der Waals surface area contributed by atoms with Gasteiger partial charge in [-0.3, -0.25) is 4.79 Å². The van der Waals surface area contributed by atoms with E-state index in [1.165, 1.54) is 0 Å². The van der Waals surface area contributed by atoms with Gasteiger partial charge < -0.3 is 14.2 Å². The zero-order valence-electron chi connectivity index (χ0n) is 12.1. The molecule has 106 valence electrons. The summed E-state index contributed by atoms with van der Waals surface area (Å²) in [5.41, 5.74) is 0.821. The summed E-state index contributed by atoms with van der Waals surface area (Å²) in [4.78, 5) is 12.1. The molecule has 1 atom stereocenters. The van der Waals surface area contributed by atoms with Crippen LogP contribution in [0.5, 0.6) is 11.5 Å². The zero-order chi connectivity index (χ0) is 14.3. The van der Waals surface area contributed by atoms with E-state index in [1.807, 2.05) is 32.0 Å². The number of rotatable bonds is 7. The predicted molar refractivity (Wildman–Crippen MR) is 73.8 cm³/mol. The Bertz CT molecular complexity index is 415. The van der Waals surface area contributed by atoms with Gasteiger partial charge in [-0.25, -0.2) is 0 Å². The highest BCUT2D eigenvalue weighted by molar-refractivity contribution is 5.79. The fourth-order valence-electron chi connectivity index (χ4n) is 2.04. The molecule has 0 aliphatic carbocycles. The van der Waals surface area contributed by atoms with E-state index in [0.29, 0.717) is 18.1 Å². The first kappa shape index (κ1) is 15.3. The Morgan fingerprint density at radius 2 is 1.95 bits per heavy atom. The summed E-state index contributed by atoms with van der Waals surface area (Å²) in [5.74, 6) is 0.874. The first-order chi connectivity index (χ1) is 9.17. The van der Waals surface area contributed by atoms with Crippen molar-refractivity contribution in [3.8, 4) is 11.5 Å². The Balaban J connectivity index is 3.15. The Morgan fingerprint density at radius 1 is 1.21 bits per heavy atom. The van der Waals surface area contributed by atoms with Gasteiger partial charge in [0.1, 0.15) is 11.5 Å². The molecule has 0 bridgehead atoms. The lowest BCUT2D eigenvalue weighted by molar-refractivity contribution is -0.145. The molecule has 0 radical (unpaired) electrons. The van der Waals surface area contributed by atoms with Crippen LogP contribution in [0.2, 0.25) is 0 Å². The van der Waals surface area contributed by atoms with Crippen LogP contribution in [0.15, 0.2) is 18.2 Å². The number of carbonyl (C=O) groups is 1. The van der Waals surface area contributed by atoms with Crippen LogP contribution in [0.4, 0.5) is 0 Å².